The van der Waals surface area contributed by atoms with Gasteiger partial charge in [0.05, 0.1) is 19.2 Å². The van der Waals surface area contributed by atoms with Gasteiger partial charge in [0.1, 0.15) is 0 Å². The maximum absolute atomic E-state index is 12.3. The Hall–Kier alpha value is -2.66. The smallest absolute Gasteiger partial charge is 0.337 e. The van der Waals surface area contributed by atoms with Crippen molar-refractivity contribution in [3.63, 3.8) is 0 Å². The van der Waals surface area contributed by atoms with Gasteiger partial charge in [-0.05, 0) is 42.8 Å². The molecule has 5 heteroatoms. The Morgan fingerprint density at radius 2 is 1.72 bits per heavy atom. The molecular weight excluding hydrogens is 316 g/mol. The predicted octanol–water partition coefficient (Wildman–Crippen LogP) is 3.32. The molecule has 0 radical (unpaired) electrons. The molecule has 0 bridgehead atoms. The fourth-order valence-corrected chi connectivity index (χ4v) is 2.58. The highest BCUT2D eigenvalue weighted by Crippen LogP contribution is 2.11. The zero-order valence-electron chi connectivity index (χ0n) is 14.7. The summed E-state index contributed by atoms with van der Waals surface area (Å²) >= 11 is 0. The second kappa shape index (κ2) is 9.59. The molecule has 0 fully saturated rings. The van der Waals surface area contributed by atoms with Crippen molar-refractivity contribution in [1.82, 2.24) is 4.90 Å². The highest BCUT2D eigenvalue weighted by Gasteiger charge is 2.11. The molecule has 0 unspecified atom stereocenters. The number of esters is 1. The van der Waals surface area contributed by atoms with Crippen LogP contribution in [0.1, 0.15) is 29.3 Å². The number of amides is 1. The molecule has 0 aliphatic carbocycles. The van der Waals surface area contributed by atoms with Crippen LogP contribution in [0, 0.1) is 0 Å². The van der Waals surface area contributed by atoms with E-state index in [9.17, 15) is 9.59 Å². The Balaban J connectivity index is 1.93. The molecule has 1 amide bonds. The Morgan fingerprint density at radius 3 is 2.32 bits per heavy atom. The van der Waals surface area contributed by atoms with Gasteiger partial charge in [-0.2, -0.15) is 0 Å². The van der Waals surface area contributed by atoms with Crippen molar-refractivity contribution in [2.75, 3.05) is 25.5 Å². The number of ether oxygens (including phenoxy) is 1. The third-order valence-electron chi connectivity index (χ3n) is 3.75. The maximum atomic E-state index is 12.3. The highest BCUT2D eigenvalue weighted by molar-refractivity contribution is 5.93. The van der Waals surface area contributed by atoms with Gasteiger partial charge in [0.2, 0.25) is 5.91 Å². The van der Waals surface area contributed by atoms with Crippen LogP contribution < -0.4 is 5.32 Å². The number of nitrogens with one attached hydrogen (secondary N) is 1. The van der Waals surface area contributed by atoms with Crippen LogP contribution in [0.4, 0.5) is 5.69 Å². The van der Waals surface area contributed by atoms with Gasteiger partial charge < -0.3 is 10.1 Å². The first-order valence-electron chi connectivity index (χ1n) is 8.37. The molecule has 0 spiro atoms. The SMILES string of the molecule is CCCN(CC(=O)Nc1ccc(C(=O)OC)cc1)Cc1ccccc1. The summed E-state index contributed by atoms with van der Waals surface area (Å²) in [6, 6.07) is 16.8. The standard InChI is InChI=1S/C20H24N2O3/c1-3-13-22(14-16-7-5-4-6-8-16)15-19(23)21-18-11-9-17(10-12-18)20(24)25-2/h4-12H,3,13-15H2,1-2H3,(H,21,23). The van der Waals surface area contributed by atoms with Crippen molar-refractivity contribution in [1.29, 1.82) is 0 Å². The number of anilines is 1. The van der Waals surface area contributed by atoms with Gasteiger partial charge in [0.25, 0.3) is 0 Å². The molecule has 25 heavy (non-hydrogen) atoms. The van der Waals surface area contributed by atoms with Crippen LogP contribution >= 0.6 is 0 Å². The van der Waals surface area contributed by atoms with Crippen molar-refractivity contribution in [3.8, 4) is 0 Å². The minimum absolute atomic E-state index is 0.0739. The van der Waals surface area contributed by atoms with Gasteiger partial charge in [-0.15, -0.1) is 0 Å². The largest absolute Gasteiger partial charge is 0.465 e. The van der Waals surface area contributed by atoms with Crippen LogP contribution in [0.15, 0.2) is 54.6 Å². The molecule has 132 valence electrons. The third kappa shape index (κ3) is 6.04. The molecule has 1 N–H and O–H groups in total. The predicted molar refractivity (Wildman–Crippen MR) is 98.4 cm³/mol. The average molecular weight is 340 g/mol. The summed E-state index contributed by atoms with van der Waals surface area (Å²) in [4.78, 5) is 25.9. The Morgan fingerprint density at radius 1 is 1.04 bits per heavy atom. The van der Waals surface area contributed by atoms with Crippen molar-refractivity contribution in [2.24, 2.45) is 0 Å². The van der Waals surface area contributed by atoms with E-state index in [0.29, 0.717) is 17.8 Å². The number of nitrogens with zero attached hydrogens (tertiary/aromatic N) is 1. The molecule has 0 aliphatic heterocycles. The van der Waals surface area contributed by atoms with Crippen LogP contribution in [-0.4, -0.2) is 37.0 Å². The van der Waals surface area contributed by atoms with E-state index < -0.39 is 5.97 Å². The van der Waals surface area contributed by atoms with Crippen molar-refractivity contribution in [2.45, 2.75) is 19.9 Å². The lowest BCUT2D eigenvalue weighted by atomic mass is 10.2. The van der Waals surface area contributed by atoms with Crippen molar-refractivity contribution < 1.29 is 14.3 Å². The second-order valence-electron chi connectivity index (χ2n) is 5.81. The fraction of sp³-hybridized carbons (Fsp3) is 0.300. The number of carbonyl (C=O) groups excluding carboxylic acids is 2. The number of rotatable bonds is 8. The normalized spacial score (nSPS) is 10.5. The van der Waals surface area contributed by atoms with E-state index in [1.807, 2.05) is 18.2 Å². The first-order chi connectivity index (χ1) is 12.1. The highest BCUT2D eigenvalue weighted by atomic mass is 16.5. The van der Waals surface area contributed by atoms with E-state index in [1.54, 1.807) is 24.3 Å². The lowest BCUT2D eigenvalue weighted by Crippen LogP contribution is -2.33. The maximum Gasteiger partial charge on any atom is 0.337 e. The van der Waals surface area contributed by atoms with Crippen LogP contribution in [0.25, 0.3) is 0 Å². The molecule has 2 aromatic carbocycles. The average Bonchev–Trinajstić information content (AvgIpc) is 2.62. The van der Waals surface area contributed by atoms with E-state index in [-0.39, 0.29) is 5.91 Å². The van der Waals surface area contributed by atoms with E-state index in [4.69, 9.17) is 0 Å². The molecule has 0 atom stereocenters. The van der Waals surface area contributed by atoms with Crippen molar-refractivity contribution >= 4 is 17.6 Å². The van der Waals surface area contributed by atoms with Gasteiger partial charge >= 0.3 is 5.97 Å². The molecule has 2 aromatic rings. The van der Waals surface area contributed by atoms with Gasteiger partial charge in [0.15, 0.2) is 0 Å². The monoisotopic (exact) mass is 340 g/mol. The number of hydrogen-bond acceptors (Lipinski definition) is 4. The van der Waals surface area contributed by atoms with Crippen LogP contribution in [0.3, 0.4) is 0 Å². The topological polar surface area (TPSA) is 58.6 Å². The quantitative estimate of drug-likeness (QED) is 0.749. The molecule has 0 saturated carbocycles. The van der Waals surface area contributed by atoms with Gasteiger partial charge in [0, 0.05) is 12.2 Å². The molecule has 2 rings (SSSR count). The fourth-order valence-electron chi connectivity index (χ4n) is 2.58. The molecule has 0 saturated heterocycles. The summed E-state index contributed by atoms with van der Waals surface area (Å²) in [5.74, 6) is -0.468. The Bertz CT molecular complexity index is 684. The summed E-state index contributed by atoms with van der Waals surface area (Å²) in [5, 5.41) is 2.87. The first-order valence-corrected chi connectivity index (χ1v) is 8.37. The molecule has 5 nitrogen and oxygen atoms in total. The van der Waals surface area contributed by atoms with Crippen LogP contribution in [0.5, 0.6) is 0 Å². The van der Waals surface area contributed by atoms with Crippen molar-refractivity contribution in [3.05, 3.63) is 65.7 Å². The van der Waals surface area contributed by atoms with Gasteiger partial charge in [-0.3, -0.25) is 9.69 Å². The molecule has 0 aromatic heterocycles. The van der Waals surface area contributed by atoms with E-state index in [2.05, 4.69) is 34.0 Å². The Kier molecular flexibility index (Phi) is 7.16. The number of benzene rings is 2. The zero-order valence-corrected chi connectivity index (χ0v) is 14.7. The zero-order chi connectivity index (χ0) is 18.1. The molecular formula is C20H24N2O3. The summed E-state index contributed by atoms with van der Waals surface area (Å²) in [6.45, 7) is 4.01. The Labute approximate surface area is 148 Å². The lowest BCUT2D eigenvalue weighted by Gasteiger charge is -2.21. The van der Waals surface area contributed by atoms with E-state index in [0.717, 1.165) is 19.5 Å². The third-order valence-corrected chi connectivity index (χ3v) is 3.75. The lowest BCUT2D eigenvalue weighted by molar-refractivity contribution is -0.117. The minimum atomic E-state index is -0.394. The van der Waals surface area contributed by atoms with E-state index in [1.165, 1.54) is 12.7 Å². The number of methoxy groups -OCH3 is 1. The molecule has 0 heterocycles. The first kappa shape index (κ1) is 18.7. The summed E-state index contributed by atoms with van der Waals surface area (Å²) in [6.07, 6.45) is 0.980. The minimum Gasteiger partial charge on any atom is -0.465 e. The van der Waals surface area contributed by atoms with Gasteiger partial charge in [-0.1, -0.05) is 37.3 Å². The summed E-state index contributed by atoms with van der Waals surface area (Å²) in [7, 11) is 1.34. The summed E-state index contributed by atoms with van der Waals surface area (Å²) < 4.78 is 4.66. The van der Waals surface area contributed by atoms with E-state index >= 15 is 0 Å². The van der Waals surface area contributed by atoms with Crippen LogP contribution in [0.2, 0.25) is 0 Å². The number of hydrogen-bond donors (Lipinski definition) is 1. The summed E-state index contributed by atoms with van der Waals surface area (Å²) in [5.41, 5.74) is 2.30. The number of carbonyl (C=O) groups is 2. The second-order valence-corrected chi connectivity index (χ2v) is 5.81. The molecule has 0 aliphatic rings. The van der Waals surface area contributed by atoms with Gasteiger partial charge in [-0.25, -0.2) is 4.79 Å². The van der Waals surface area contributed by atoms with Crippen LogP contribution in [-0.2, 0) is 16.1 Å².